The molecule has 3 aromatic rings. The van der Waals surface area contributed by atoms with Gasteiger partial charge in [-0.3, -0.25) is 19.9 Å². The number of nitrogens with one attached hydrogen (secondary N) is 2. The van der Waals surface area contributed by atoms with Crippen LogP contribution in [0.4, 0.5) is 5.69 Å². The zero-order chi connectivity index (χ0) is 22.2. The zero-order valence-corrected chi connectivity index (χ0v) is 16.5. The number of nitro groups is 1. The first-order valence-electron chi connectivity index (χ1n) is 9.15. The fourth-order valence-electron chi connectivity index (χ4n) is 2.71. The molecule has 31 heavy (non-hydrogen) atoms. The van der Waals surface area contributed by atoms with Crippen LogP contribution in [0, 0.1) is 10.1 Å². The third-order valence-corrected chi connectivity index (χ3v) is 4.11. The van der Waals surface area contributed by atoms with Crippen molar-refractivity contribution in [2.24, 2.45) is 0 Å². The summed E-state index contributed by atoms with van der Waals surface area (Å²) in [7, 11) is 1.48. The number of ether oxygens (including phenoxy) is 3. The van der Waals surface area contributed by atoms with Gasteiger partial charge in [-0.25, -0.2) is 4.79 Å². The molecule has 0 amide bonds. The van der Waals surface area contributed by atoms with Gasteiger partial charge in [0.15, 0.2) is 11.5 Å². The molecule has 0 aliphatic heterocycles. The van der Waals surface area contributed by atoms with E-state index in [9.17, 15) is 19.7 Å². The number of rotatable bonds is 9. The Morgan fingerprint density at radius 3 is 2.42 bits per heavy atom. The van der Waals surface area contributed by atoms with Gasteiger partial charge in [0.2, 0.25) is 0 Å². The Labute approximate surface area is 175 Å². The summed E-state index contributed by atoms with van der Waals surface area (Å²) in [6.07, 6.45) is 2.78. The number of hydrogen-bond acceptors (Lipinski definition) is 7. The van der Waals surface area contributed by atoms with Crippen LogP contribution in [0.25, 0.3) is 12.2 Å². The number of hydrogen-bond donors (Lipinski definition) is 2. The first kappa shape index (κ1) is 21.4. The number of methoxy groups -OCH3 is 1. The van der Waals surface area contributed by atoms with Crippen molar-refractivity contribution >= 4 is 17.8 Å². The van der Waals surface area contributed by atoms with E-state index in [0.29, 0.717) is 30.3 Å². The summed E-state index contributed by atoms with van der Waals surface area (Å²) in [6.45, 7) is 0.634. The Balaban J connectivity index is 1.71. The van der Waals surface area contributed by atoms with Crippen molar-refractivity contribution < 1.29 is 19.1 Å². The van der Waals surface area contributed by atoms with Crippen LogP contribution in [-0.2, 0) is 0 Å². The van der Waals surface area contributed by atoms with Gasteiger partial charge < -0.3 is 19.2 Å². The first-order chi connectivity index (χ1) is 15.0. The highest BCUT2D eigenvalue weighted by molar-refractivity contribution is 5.72. The number of H-pyrrole nitrogens is 2. The predicted octanol–water partition coefficient (Wildman–Crippen LogP) is 2.61. The lowest BCUT2D eigenvalue weighted by molar-refractivity contribution is -0.386. The fourth-order valence-corrected chi connectivity index (χ4v) is 2.71. The molecule has 0 saturated heterocycles. The van der Waals surface area contributed by atoms with E-state index < -0.39 is 21.9 Å². The van der Waals surface area contributed by atoms with Gasteiger partial charge in [0.25, 0.3) is 0 Å². The fraction of sp³-hybridized carbons (Fsp3) is 0.143. The number of nitrogens with zero attached hydrogens (tertiary/aromatic N) is 1. The maximum atomic E-state index is 11.7. The Kier molecular flexibility index (Phi) is 6.84. The van der Waals surface area contributed by atoms with Crippen LogP contribution in [0.2, 0.25) is 0 Å². The molecule has 0 spiro atoms. The van der Waals surface area contributed by atoms with E-state index in [0.717, 1.165) is 5.75 Å². The number of para-hydroxylation sites is 1. The summed E-state index contributed by atoms with van der Waals surface area (Å²) >= 11 is 0. The molecule has 1 heterocycles. The van der Waals surface area contributed by atoms with Gasteiger partial charge in [-0.05, 0) is 35.9 Å². The summed E-state index contributed by atoms with van der Waals surface area (Å²) in [5, 5.41) is 11.1. The Bertz CT molecular complexity index is 1200. The molecule has 0 fully saturated rings. The van der Waals surface area contributed by atoms with Gasteiger partial charge >= 0.3 is 16.9 Å². The Hall–Kier alpha value is -4.34. The Morgan fingerprint density at radius 2 is 1.71 bits per heavy atom. The third-order valence-electron chi connectivity index (χ3n) is 4.11. The minimum atomic E-state index is -1.08. The molecule has 0 unspecified atom stereocenters. The predicted molar refractivity (Wildman–Crippen MR) is 114 cm³/mol. The largest absolute Gasteiger partial charge is 0.493 e. The average molecular weight is 425 g/mol. The Morgan fingerprint density at radius 1 is 0.968 bits per heavy atom. The second kappa shape index (κ2) is 9.92. The quantitative estimate of drug-likeness (QED) is 0.305. The lowest BCUT2D eigenvalue weighted by Crippen LogP contribution is -2.25. The van der Waals surface area contributed by atoms with E-state index in [-0.39, 0.29) is 5.69 Å². The van der Waals surface area contributed by atoms with Crippen molar-refractivity contribution in [3.63, 3.8) is 0 Å². The van der Waals surface area contributed by atoms with E-state index in [2.05, 4.69) is 4.98 Å². The maximum Gasteiger partial charge on any atom is 0.357 e. The molecule has 0 atom stereocenters. The minimum absolute atomic E-state index is 0.212. The average Bonchev–Trinajstić information content (AvgIpc) is 2.75. The van der Waals surface area contributed by atoms with Crippen LogP contribution < -0.4 is 25.5 Å². The van der Waals surface area contributed by atoms with Gasteiger partial charge in [-0.15, -0.1) is 0 Å². The zero-order valence-electron chi connectivity index (χ0n) is 16.5. The third kappa shape index (κ3) is 5.60. The second-order valence-electron chi connectivity index (χ2n) is 6.18. The molecule has 3 rings (SSSR count). The molecule has 0 aliphatic rings. The van der Waals surface area contributed by atoms with Crippen molar-refractivity contribution in [2.45, 2.75) is 0 Å². The monoisotopic (exact) mass is 425 g/mol. The van der Waals surface area contributed by atoms with Gasteiger partial charge in [0.05, 0.1) is 12.0 Å². The molecule has 1 aromatic heterocycles. The van der Waals surface area contributed by atoms with Crippen molar-refractivity contribution in [3.05, 3.63) is 90.7 Å². The van der Waals surface area contributed by atoms with Crippen LogP contribution in [0.5, 0.6) is 17.2 Å². The summed E-state index contributed by atoms with van der Waals surface area (Å²) in [4.78, 5) is 37.4. The molecule has 10 nitrogen and oxygen atoms in total. The summed E-state index contributed by atoms with van der Waals surface area (Å²) in [5.74, 6) is 1.67. The SMILES string of the molecule is COc1cc(/C=C/c2[nH]c(=O)[nH]c(=O)c2[N+](=O)[O-])ccc1OCCOc1ccccc1. The molecule has 160 valence electrons. The van der Waals surface area contributed by atoms with Crippen LogP contribution in [0.3, 0.4) is 0 Å². The maximum absolute atomic E-state index is 11.7. The molecule has 0 bridgehead atoms. The summed E-state index contributed by atoms with van der Waals surface area (Å²) in [6, 6.07) is 14.4. The summed E-state index contributed by atoms with van der Waals surface area (Å²) in [5.41, 5.74) is -2.26. The minimum Gasteiger partial charge on any atom is -0.493 e. The van der Waals surface area contributed by atoms with Crippen LogP contribution in [0.15, 0.2) is 58.1 Å². The van der Waals surface area contributed by atoms with Crippen molar-refractivity contribution in [2.75, 3.05) is 20.3 Å². The number of aromatic nitrogens is 2. The van der Waals surface area contributed by atoms with Gasteiger partial charge in [0.1, 0.15) is 24.7 Å². The van der Waals surface area contributed by atoms with E-state index >= 15 is 0 Å². The van der Waals surface area contributed by atoms with Gasteiger partial charge in [-0.1, -0.05) is 30.3 Å². The molecule has 0 aliphatic carbocycles. The highest BCUT2D eigenvalue weighted by atomic mass is 16.6. The van der Waals surface area contributed by atoms with Crippen LogP contribution in [-0.4, -0.2) is 35.2 Å². The lowest BCUT2D eigenvalue weighted by Gasteiger charge is -2.12. The van der Waals surface area contributed by atoms with Gasteiger partial charge in [0, 0.05) is 0 Å². The van der Waals surface area contributed by atoms with Crippen molar-refractivity contribution in [1.82, 2.24) is 9.97 Å². The highest BCUT2D eigenvalue weighted by Crippen LogP contribution is 2.29. The molecule has 0 radical (unpaired) electrons. The standard InChI is InChI=1S/C21H19N3O7/c1-29-18-13-14(7-9-16-19(24(27)28)20(25)23-21(26)22-16)8-10-17(18)31-12-11-30-15-5-3-2-4-6-15/h2-10,13H,11-12H2,1H3,(H2,22,23,25,26)/b9-7+. The molecule has 10 heteroatoms. The molecular weight excluding hydrogens is 406 g/mol. The molecular formula is C21H19N3O7. The van der Waals surface area contributed by atoms with E-state index in [1.807, 2.05) is 35.3 Å². The molecule has 0 saturated carbocycles. The topological polar surface area (TPSA) is 137 Å². The normalized spacial score (nSPS) is 10.7. The smallest absolute Gasteiger partial charge is 0.357 e. The number of benzene rings is 2. The van der Waals surface area contributed by atoms with E-state index in [4.69, 9.17) is 14.2 Å². The number of aromatic amines is 2. The molecule has 2 aromatic carbocycles. The van der Waals surface area contributed by atoms with Crippen molar-refractivity contribution in [3.8, 4) is 17.2 Å². The molecule has 2 N–H and O–H groups in total. The first-order valence-corrected chi connectivity index (χ1v) is 9.15. The van der Waals surface area contributed by atoms with E-state index in [1.165, 1.54) is 19.3 Å². The van der Waals surface area contributed by atoms with E-state index in [1.54, 1.807) is 18.2 Å². The van der Waals surface area contributed by atoms with Crippen LogP contribution >= 0.6 is 0 Å². The van der Waals surface area contributed by atoms with Crippen molar-refractivity contribution in [1.29, 1.82) is 0 Å². The second-order valence-corrected chi connectivity index (χ2v) is 6.18. The van der Waals surface area contributed by atoms with Gasteiger partial charge in [-0.2, -0.15) is 0 Å². The summed E-state index contributed by atoms with van der Waals surface area (Å²) < 4.78 is 16.6. The highest BCUT2D eigenvalue weighted by Gasteiger charge is 2.18. The van der Waals surface area contributed by atoms with Crippen LogP contribution in [0.1, 0.15) is 11.3 Å². The lowest BCUT2D eigenvalue weighted by atomic mass is 10.1.